The minimum atomic E-state index is -0.487. The van der Waals surface area contributed by atoms with Gasteiger partial charge in [0.15, 0.2) is 0 Å². The molecule has 26 heavy (non-hydrogen) atoms. The molecule has 1 saturated heterocycles. The van der Waals surface area contributed by atoms with Crippen LogP contribution in [0.4, 0.5) is 4.79 Å². The number of carbonyl (C=O) groups excluding carboxylic acids is 2. The van der Waals surface area contributed by atoms with E-state index in [9.17, 15) is 9.59 Å². The molecule has 2 heterocycles. The Morgan fingerprint density at radius 1 is 1.35 bits per heavy atom. The fourth-order valence-electron chi connectivity index (χ4n) is 3.12. The highest BCUT2D eigenvalue weighted by molar-refractivity contribution is 5.98. The number of aryl methyl sites for hydroxylation is 1. The number of aromatic nitrogens is 2. The molecule has 2 aromatic rings. The second-order valence-corrected chi connectivity index (χ2v) is 8.02. The Balaban J connectivity index is 1.55. The number of rotatable bonds is 3. The monoisotopic (exact) mass is 358 g/mol. The lowest BCUT2D eigenvalue weighted by molar-refractivity contribution is -0.00447. The van der Waals surface area contributed by atoms with Gasteiger partial charge in [-0.15, -0.1) is 0 Å². The standard InChI is InChI=1S/C19H26N4O3/c1-12-15-8-14(6-7-16(15)21-20-12)17(24)22(5)9-13-10-23(11-13)18(25)26-19(2,3)4/h6-8,13H,9-11H2,1-5H3,(H,20,21). The number of carbonyl (C=O) groups is 2. The summed E-state index contributed by atoms with van der Waals surface area (Å²) in [6, 6.07) is 5.53. The lowest BCUT2D eigenvalue weighted by Crippen LogP contribution is -2.55. The van der Waals surface area contributed by atoms with Gasteiger partial charge in [-0.1, -0.05) is 0 Å². The van der Waals surface area contributed by atoms with E-state index in [1.165, 1.54) is 0 Å². The number of amides is 2. The van der Waals surface area contributed by atoms with E-state index in [1.807, 2.05) is 39.8 Å². The van der Waals surface area contributed by atoms with Gasteiger partial charge < -0.3 is 14.5 Å². The smallest absolute Gasteiger partial charge is 0.410 e. The van der Waals surface area contributed by atoms with Crippen molar-refractivity contribution in [1.29, 1.82) is 0 Å². The van der Waals surface area contributed by atoms with Gasteiger partial charge in [-0.3, -0.25) is 9.89 Å². The Morgan fingerprint density at radius 2 is 2.04 bits per heavy atom. The van der Waals surface area contributed by atoms with Gasteiger partial charge in [-0.25, -0.2) is 4.79 Å². The Bertz CT molecular complexity index is 831. The largest absolute Gasteiger partial charge is 0.444 e. The van der Waals surface area contributed by atoms with E-state index in [-0.39, 0.29) is 17.9 Å². The number of H-pyrrole nitrogens is 1. The third kappa shape index (κ3) is 3.81. The number of ether oxygens (including phenoxy) is 1. The molecule has 1 aromatic carbocycles. The third-order valence-corrected chi connectivity index (χ3v) is 4.48. The van der Waals surface area contributed by atoms with E-state index in [2.05, 4.69) is 10.2 Å². The van der Waals surface area contributed by atoms with E-state index >= 15 is 0 Å². The highest BCUT2D eigenvalue weighted by Crippen LogP contribution is 2.22. The number of nitrogens with zero attached hydrogens (tertiary/aromatic N) is 3. The summed E-state index contributed by atoms with van der Waals surface area (Å²) in [5.41, 5.74) is 1.96. The lowest BCUT2D eigenvalue weighted by Gasteiger charge is -2.41. The first kappa shape index (κ1) is 18.2. The van der Waals surface area contributed by atoms with Crippen LogP contribution >= 0.6 is 0 Å². The predicted molar refractivity (Wildman–Crippen MR) is 99.1 cm³/mol. The minimum Gasteiger partial charge on any atom is -0.444 e. The number of likely N-dealkylation sites (tertiary alicyclic amines) is 1. The van der Waals surface area contributed by atoms with Crippen LogP contribution in [-0.2, 0) is 4.74 Å². The van der Waals surface area contributed by atoms with Crippen LogP contribution in [0.2, 0.25) is 0 Å². The van der Waals surface area contributed by atoms with Gasteiger partial charge >= 0.3 is 6.09 Å². The highest BCUT2D eigenvalue weighted by Gasteiger charge is 2.34. The average molecular weight is 358 g/mol. The quantitative estimate of drug-likeness (QED) is 0.915. The third-order valence-electron chi connectivity index (χ3n) is 4.48. The normalized spacial score (nSPS) is 15.0. The Kier molecular flexibility index (Phi) is 4.64. The molecule has 1 aromatic heterocycles. The molecule has 0 bridgehead atoms. The molecule has 0 spiro atoms. The van der Waals surface area contributed by atoms with Gasteiger partial charge in [-0.05, 0) is 45.9 Å². The van der Waals surface area contributed by atoms with E-state index in [4.69, 9.17) is 4.74 Å². The topological polar surface area (TPSA) is 78.5 Å². The summed E-state index contributed by atoms with van der Waals surface area (Å²) in [5.74, 6) is 0.249. The second-order valence-electron chi connectivity index (χ2n) is 8.02. The molecule has 0 atom stereocenters. The van der Waals surface area contributed by atoms with Crippen LogP contribution in [0.25, 0.3) is 10.9 Å². The van der Waals surface area contributed by atoms with E-state index in [0.717, 1.165) is 16.6 Å². The van der Waals surface area contributed by atoms with Crippen LogP contribution in [-0.4, -0.2) is 64.3 Å². The number of nitrogens with one attached hydrogen (secondary N) is 1. The van der Waals surface area contributed by atoms with Crippen molar-refractivity contribution in [3.63, 3.8) is 0 Å². The molecule has 1 N–H and O–H groups in total. The predicted octanol–water partition coefficient (Wildman–Crippen LogP) is 2.81. The number of aromatic amines is 1. The molecular formula is C19H26N4O3. The number of hydrogen-bond donors (Lipinski definition) is 1. The van der Waals surface area contributed by atoms with Crippen molar-refractivity contribution in [3.05, 3.63) is 29.5 Å². The summed E-state index contributed by atoms with van der Waals surface area (Å²) in [6.45, 7) is 9.35. The summed E-state index contributed by atoms with van der Waals surface area (Å²) in [5, 5.41) is 8.08. The summed E-state index contributed by atoms with van der Waals surface area (Å²) in [7, 11) is 1.80. The molecule has 0 aliphatic carbocycles. The molecule has 0 unspecified atom stereocenters. The van der Waals surface area contributed by atoms with Crippen molar-refractivity contribution < 1.29 is 14.3 Å². The maximum absolute atomic E-state index is 12.7. The molecule has 1 fully saturated rings. The van der Waals surface area contributed by atoms with Gasteiger partial charge in [-0.2, -0.15) is 5.10 Å². The zero-order valence-corrected chi connectivity index (χ0v) is 16.0. The van der Waals surface area contributed by atoms with Crippen LogP contribution in [0.5, 0.6) is 0 Å². The van der Waals surface area contributed by atoms with Crippen molar-refractivity contribution in [3.8, 4) is 0 Å². The van der Waals surface area contributed by atoms with Gasteiger partial charge in [0.25, 0.3) is 5.91 Å². The van der Waals surface area contributed by atoms with Crippen LogP contribution in [0.3, 0.4) is 0 Å². The molecule has 0 radical (unpaired) electrons. The number of benzene rings is 1. The zero-order chi connectivity index (χ0) is 19.1. The van der Waals surface area contributed by atoms with Crippen LogP contribution in [0.15, 0.2) is 18.2 Å². The fraction of sp³-hybridized carbons (Fsp3) is 0.526. The maximum atomic E-state index is 12.7. The Labute approximate surface area is 153 Å². The summed E-state index contributed by atoms with van der Waals surface area (Å²) in [4.78, 5) is 28.1. The van der Waals surface area contributed by atoms with E-state index in [1.54, 1.807) is 22.9 Å². The van der Waals surface area contributed by atoms with Gasteiger partial charge in [0.1, 0.15) is 5.60 Å². The van der Waals surface area contributed by atoms with Crippen molar-refractivity contribution in [2.24, 2.45) is 5.92 Å². The molecule has 1 aliphatic rings. The second kappa shape index (κ2) is 6.63. The molecule has 140 valence electrons. The molecule has 3 rings (SSSR count). The van der Waals surface area contributed by atoms with Crippen LogP contribution in [0.1, 0.15) is 36.8 Å². The first-order chi connectivity index (χ1) is 12.1. The van der Waals surface area contributed by atoms with E-state index in [0.29, 0.717) is 25.2 Å². The first-order valence-corrected chi connectivity index (χ1v) is 8.82. The number of fused-ring (bicyclic) bond motifs is 1. The lowest BCUT2D eigenvalue weighted by atomic mass is 10.00. The number of hydrogen-bond acceptors (Lipinski definition) is 4. The SMILES string of the molecule is Cc1[nH]nc2ccc(C(=O)N(C)CC3CN(C(=O)OC(C)(C)C)C3)cc12. The Hall–Kier alpha value is -2.57. The van der Waals surface area contributed by atoms with Gasteiger partial charge in [0.05, 0.1) is 5.52 Å². The van der Waals surface area contributed by atoms with Crippen LogP contribution < -0.4 is 0 Å². The fourth-order valence-corrected chi connectivity index (χ4v) is 3.12. The highest BCUT2D eigenvalue weighted by atomic mass is 16.6. The first-order valence-electron chi connectivity index (χ1n) is 8.82. The maximum Gasteiger partial charge on any atom is 0.410 e. The van der Waals surface area contributed by atoms with Gasteiger partial charge in [0.2, 0.25) is 0 Å². The summed E-state index contributed by atoms with van der Waals surface area (Å²) in [6.07, 6.45) is -0.288. The molecular weight excluding hydrogens is 332 g/mol. The zero-order valence-electron chi connectivity index (χ0n) is 16.0. The molecule has 7 heteroatoms. The minimum absolute atomic E-state index is 0.0248. The molecule has 1 aliphatic heterocycles. The molecule has 7 nitrogen and oxygen atoms in total. The van der Waals surface area contributed by atoms with Crippen molar-refractivity contribution in [2.45, 2.75) is 33.3 Å². The average Bonchev–Trinajstić information content (AvgIpc) is 2.88. The van der Waals surface area contributed by atoms with Crippen LogP contribution in [0, 0.1) is 12.8 Å². The van der Waals surface area contributed by atoms with E-state index < -0.39 is 5.60 Å². The Morgan fingerprint density at radius 3 is 2.69 bits per heavy atom. The summed E-state index contributed by atoms with van der Waals surface area (Å²) < 4.78 is 5.35. The van der Waals surface area contributed by atoms with Crippen molar-refractivity contribution >= 4 is 22.9 Å². The summed E-state index contributed by atoms with van der Waals surface area (Å²) >= 11 is 0. The van der Waals surface area contributed by atoms with Crippen molar-refractivity contribution in [2.75, 3.05) is 26.7 Å². The van der Waals surface area contributed by atoms with Crippen molar-refractivity contribution in [1.82, 2.24) is 20.0 Å². The van der Waals surface area contributed by atoms with Gasteiger partial charge in [0, 0.05) is 49.2 Å². The molecule has 0 saturated carbocycles. The molecule has 2 amide bonds.